The fraction of sp³-hybridized carbons (Fsp3) is 0.308. The maximum Gasteiger partial charge on any atom is 0.0758 e. The van der Waals surface area contributed by atoms with E-state index in [0.29, 0.717) is 0 Å². The highest BCUT2D eigenvalue weighted by Gasteiger charge is 2.19. The van der Waals surface area contributed by atoms with E-state index in [1.165, 1.54) is 20.4 Å². The van der Waals surface area contributed by atoms with E-state index in [9.17, 15) is 0 Å². The summed E-state index contributed by atoms with van der Waals surface area (Å²) in [5.41, 5.74) is 3.73. The summed E-state index contributed by atoms with van der Waals surface area (Å²) in [6.45, 7) is 2.10. The van der Waals surface area contributed by atoms with Gasteiger partial charge in [0.1, 0.15) is 0 Å². The Kier molecular flexibility index (Phi) is 3.83. The van der Waals surface area contributed by atoms with Crippen LogP contribution in [0.4, 0.5) is 0 Å². The Balaban J connectivity index is 2.52. The number of aromatic nitrogens is 2. The van der Waals surface area contributed by atoms with Crippen LogP contribution in [0, 0.1) is 10.5 Å². The lowest BCUT2D eigenvalue weighted by molar-refractivity contribution is 0.601. The van der Waals surface area contributed by atoms with Crippen LogP contribution in [0.2, 0.25) is 0 Å². The van der Waals surface area contributed by atoms with E-state index in [2.05, 4.69) is 64.2 Å². The number of aryl methyl sites for hydroxylation is 2. The fourth-order valence-corrected chi connectivity index (χ4v) is 2.82. The van der Waals surface area contributed by atoms with Gasteiger partial charge in [-0.15, -0.1) is 0 Å². The molecule has 17 heavy (non-hydrogen) atoms. The van der Waals surface area contributed by atoms with E-state index in [-0.39, 0.29) is 6.04 Å². The average molecular weight is 341 g/mol. The SMILES string of the molecule is CNC(c1ccccc1I)c1c(C)cnn1C. The van der Waals surface area contributed by atoms with Crippen LogP contribution in [0.25, 0.3) is 0 Å². The molecular weight excluding hydrogens is 325 g/mol. The van der Waals surface area contributed by atoms with Gasteiger partial charge in [-0.3, -0.25) is 4.68 Å². The number of nitrogens with one attached hydrogen (secondary N) is 1. The van der Waals surface area contributed by atoms with Crippen LogP contribution in [0.15, 0.2) is 30.5 Å². The third-order valence-corrected chi connectivity index (χ3v) is 3.94. The minimum absolute atomic E-state index is 0.190. The highest BCUT2D eigenvalue weighted by atomic mass is 127. The fourth-order valence-electron chi connectivity index (χ4n) is 2.12. The molecule has 2 rings (SSSR count). The van der Waals surface area contributed by atoms with Crippen LogP contribution in [0.3, 0.4) is 0 Å². The summed E-state index contributed by atoms with van der Waals surface area (Å²) in [4.78, 5) is 0. The van der Waals surface area contributed by atoms with Crippen LogP contribution in [-0.2, 0) is 7.05 Å². The van der Waals surface area contributed by atoms with Crippen molar-refractivity contribution in [2.45, 2.75) is 13.0 Å². The number of hydrogen-bond donors (Lipinski definition) is 1. The maximum absolute atomic E-state index is 4.31. The molecular formula is C13H16IN3. The second-order valence-corrected chi connectivity index (χ2v) is 5.24. The van der Waals surface area contributed by atoms with Crippen molar-refractivity contribution in [2.24, 2.45) is 7.05 Å². The van der Waals surface area contributed by atoms with Gasteiger partial charge in [-0.1, -0.05) is 18.2 Å². The van der Waals surface area contributed by atoms with Crippen molar-refractivity contribution in [1.29, 1.82) is 0 Å². The molecule has 0 saturated carbocycles. The van der Waals surface area contributed by atoms with E-state index < -0.39 is 0 Å². The smallest absolute Gasteiger partial charge is 0.0758 e. The topological polar surface area (TPSA) is 29.9 Å². The molecule has 0 amide bonds. The Morgan fingerprint density at radius 3 is 2.59 bits per heavy atom. The lowest BCUT2D eigenvalue weighted by Crippen LogP contribution is -2.22. The van der Waals surface area contributed by atoms with Crippen molar-refractivity contribution in [2.75, 3.05) is 7.05 Å². The predicted molar refractivity (Wildman–Crippen MR) is 78.0 cm³/mol. The molecule has 4 heteroatoms. The van der Waals surface area contributed by atoms with Crippen LogP contribution in [0.1, 0.15) is 22.9 Å². The molecule has 2 aromatic rings. The van der Waals surface area contributed by atoms with Gasteiger partial charge >= 0.3 is 0 Å². The maximum atomic E-state index is 4.31. The summed E-state index contributed by atoms with van der Waals surface area (Å²) >= 11 is 2.38. The number of hydrogen-bond acceptors (Lipinski definition) is 2. The molecule has 0 bridgehead atoms. The summed E-state index contributed by atoms with van der Waals surface area (Å²) in [5.74, 6) is 0. The normalized spacial score (nSPS) is 12.7. The molecule has 1 aromatic carbocycles. The average Bonchev–Trinajstić information content (AvgIpc) is 2.64. The molecule has 3 nitrogen and oxygen atoms in total. The Morgan fingerprint density at radius 2 is 2.06 bits per heavy atom. The molecule has 1 N–H and O–H groups in total. The molecule has 0 spiro atoms. The van der Waals surface area contributed by atoms with E-state index in [1.54, 1.807) is 0 Å². The Morgan fingerprint density at radius 1 is 1.35 bits per heavy atom. The zero-order valence-electron chi connectivity index (χ0n) is 10.2. The van der Waals surface area contributed by atoms with Crippen LogP contribution in [-0.4, -0.2) is 16.8 Å². The minimum Gasteiger partial charge on any atom is -0.308 e. The van der Waals surface area contributed by atoms with Gasteiger partial charge in [0, 0.05) is 10.6 Å². The summed E-state index contributed by atoms with van der Waals surface area (Å²) in [5, 5.41) is 7.69. The van der Waals surface area contributed by atoms with Crippen LogP contribution < -0.4 is 5.32 Å². The standard InChI is InChI=1S/C13H16IN3/c1-9-8-16-17(3)13(9)12(15-2)10-6-4-5-7-11(10)14/h4-8,12,15H,1-3H3. The van der Waals surface area contributed by atoms with Gasteiger partial charge in [0.05, 0.1) is 17.9 Å². The summed E-state index contributed by atoms with van der Waals surface area (Å²) in [6, 6.07) is 8.62. The van der Waals surface area contributed by atoms with E-state index in [0.717, 1.165) is 0 Å². The monoisotopic (exact) mass is 341 g/mol. The molecule has 1 aromatic heterocycles. The first-order chi connectivity index (χ1) is 8.15. The first-order valence-corrected chi connectivity index (χ1v) is 6.63. The van der Waals surface area contributed by atoms with Gasteiger partial charge < -0.3 is 5.32 Å². The van der Waals surface area contributed by atoms with E-state index in [4.69, 9.17) is 0 Å². The molecule has 0 aliphatic carbocycles. The highest BCUT2D eigenvalue weighted by molar-refractivity contribution is 14.1. The quantitative estimate of drug-likeness (QED) is 0.870. The lowest BCUT2D eigenvalue weighted by Gasteiger charge is -2.19. The Labute approximate surface area is 115 Å². The zero-order valence-corrected chi connectivity index (χ0v) is 12.4. The summed E-state index contributed by atoms with van der Waals surface area (Å²) in [6.07, 6.45) is 1.91. The molecule has 0 saturated heterocycles. The molecule has 1 unspecified atom stereocenters. The van der Waals surface area contributed by atoms with E-state index >= 15 is 0 Å². The second kappa shape index (κ2) is 5.18. The molecule has 1 heterocycles. The third-order valence-electron chi connectivity index (χ3n) is 2.96. The highest BCUT2D eigenvalue weighted by Crippen LogP contribution is 2.27. The number of rotatable bonds is 3. The zero-order chi connectivity index (χ0) is 12.4. The molecule has 0 fully saturated rings. The molecule has 0 radical (unpaired) electrons. The Bertz CT molecular complexity index is 500. The first-order valence-electron chi connectivity index (χ1n) is 5.55. The van der Waals surface area contributed by atoms with Gasteiger partial charge in [-0.2, -0.15) is 5.10 Å². The number of nitrogens with zero attached hydrogens (tertiary/aromatic N) is 2. The molecule has 0 aliphatic rings. The van der Waals surface area contributed by atoms with Gasteiger partial charge in [-0.25, -0.2) is 0 Å². The largest absolute Gasteiger partial charge is 0.308 e. The molecule has 1 atom stereocenters. The molecule has 0 aliphatic heterocycles. The molecule has 90 valence electrons. The Hall–Kier alpha value is -0.880. The van der Waals surface area contributed by atoms with Gasteiger partial charge in [0.25, 0.3) is 0 Å². The van der Waals surface area contributed by atoms with Crippen molar-refractivity contribution < 1.29 is 0 Å². The van der Waals surface area contributed by atoms with Crippen molar-refractivity contribution in [3.63, 3.8) is 0 Å². The van der Waals surface area contributed by atoms with Gasteiger partial charge in [0.15, 0.2) is 0 Å². The second-order valence-electron chi connectivity index (χ2n) is 4.08. The predicted octanol–water partition coefficient (Wildman–Crippen LogP) is 2.64. The van der Waals surface area contributed by atoms with Crippen molar-refractivity contribution in [1.82, 2.24) is 15.1 Å². The number of benzene rings is 1. The van der Waals surface area contributed by atoms with Gasteiger partial charge in [0.2, 0.25) is 0 Å². The van der Waals surface area contributed by atoms with Crippen molar-refractivity contribution in [3.05, 3.63) is 50.9 Å². The van der Waals surface area contributed by atoms with Crippen molar-refractivity contribution >= 4 is 22.6 Å². The van der Waals surface area contributed by atoms with Gasteiger partial charge in [-0.05, 0) is 53.8 Å². The van der Waals surface area contributed by atoms with Crippen LogP contribution >= 0.6 is 22.6 Å². The van der Waals surface area contributed by atoms with E-state index in [1.807, 2.05) is 25.0 Å². The third kappa shape index (κ3) is 2.37. The van der Waals surface area contributed by atoms with Crippen molar-refractivity contribution in [3.8, 4) is 0 Å². The van der Waals surface area contributed by atoms with Crippen LogP contribution in [0.5, 0.6) is 0 Å². The summed E-state index contributed by atoms with van der Waals surface area (Å²) in [7, 11) is 3.97. The number of halogens is 1. The lowest BCUT2D eigenvalue weighted by atomic mass is 10.0. The minimum atomic E-state index is 0.190. The summed E-state index contributed by atoms with van der Waals surface area (Å²) < 4.78 is 3.21. The first kappa shape index (κ1) is 12.6.